The molecular formula is C9H19NO2S. The van der Waals surface area contributed by atoms with Gasteiger partial charge in [0.1, 0.15) is 0 Å². The minimum absolute atomic E-state index is 0.0797. The molecule has 2 N–H and O–H groups in total. The predicted molar refractivity (Wildman–Crippen MR) is 55.0 cm³/mol. The summed E-state index contributed by atoms with van der Waals surface area (Å²) in [6, 6.07) is 0.0797. The van der Waals surface area contributed by atoms with Crippen molar-refractivity contribution in [2.45, 2.75) is 31.9 Å². The van der Waals surface area contributed by atoms with Gasteiger partial charge in [-0.05, 0) is 20.3 Å². The van der Waals surface area contributed by atoms with Crippen molar-refractivity contribution >= 4 is 10.8 Å². The van der Waals surface area contributed by atoms with E-state index in [9.17, 15) is 4.21 Å². The average Bonchev–Trinajstić information content (AvgIpc) is 2.25. The van der Waals surface area contributed by atoms with Crippen molar-refractivity contribution in [2.75, 3.05) is 18.6 Å². The van der Waals surface area contributed by atoms with E-state index in [1.54, 1.807) is 6.26 Å². The molecule has 1 saturated heterocycles. The van der Waals surface area contributed by atoms with Gasteiger partial charge in [0, 0.05) is 34.8 Å². The largest absolute Gasteiger partial charge is 0.374 e. The standard InChI is InChI=1S/C9H19NO2S/c1-9(2)8(10)7(6-12-9)4-5-13(3)11/h7-8H,4-6,10H2,1-3H3. The summed E-state index contributed by atoms with van der Waals surface area (Å²) in [6.45, 7) is 4.74. The first kappa shape index (κ1) is 11.1. The van der Waals surface area contributed by atoms with E-state index in [2.05, 4.69) is 0 Å². The van der Waals surface area contributed by atoms with Crippen LogP contribution in [0, 0.1) is 5.92 Å². The van der Waals surface area contributed by atoms with Gasteiger partial charge < -0.3 is 10.5 Å². The van der Waals surface area contributed by atoms with E-state index in [1.807, 2.05) is 13.8 Å². The van der Waals surface area contributed by atoms with E-state index >= 15 is 0 Å². The maximum Gasteiger partial charge on any atom is 0.0780 e. The van der Waals surface area contributed by atoms with Gasteiger partial charge in [0.2, 0.25) is 0 Å². The van der Waals surface area contributed by atoms with Crippen LogP contribution in [-0.4, -0.2) is 34.5 Å². The fourth-order valence-corrected chi connectivity index (χ4v) is 2.30. The maximum absolute atomic E-state index is 10.9. The van der Waals surface area contributed by atoms with Crippen molar-refractivity contribution in [3.8, 4) is 0 Å². The molecule has 1 heterocycles. The van der Waals surface area contributed by atoms with E-state index in [0.29, 0.717) is 12.5 Å². The maximum atomic E-state index is 10.9. The van der Waals surface area contributed by atoms with Gasteiger partial charge in [-0.15, -0.1) is 0 Å². The lowest BCUT2D eigenvalue weighted by atomic mass is 9.90. The molecule has 0 aliphatic carbocycles. The highest BCUT2D eigenvalue weighted by Gasteiger charge is 2.40. The summed E-state index contributed by atoms with van der Waals surface area (Å²) in [5.74, 6) is 1.11. The Bertz CT molecular complexity index is 206. The Labute approximate surface area is 82.5 Å². The molecule has 1 aliphatic heterocycles. The van der Waals surface area contributed by atoms with Crippen LogP contribution in [-0.2, 0) is 15.5 Å². The van der Waals surface area contributed by atoms with Crippen LogP contribution in [0.3, 0.4) is 0 Å². The van der Waals surface area contributed by atoms with Crippen LogP contribution < -0.4 is 5.73 Å². The molecule has 78 valence electrons. The SMILES string of the molecule is CS(=O)CCC1COC(C)(C)C1N. The Hall–Kier alpha value is 0.0700. The lowest BCUT2D eigenvalue weighted by Gasteiger charge is -2.24. The highest BCUT2D eigenvalue weighted by molar-refractivity contribution is 7.84. The third-order valence-corrected chi connectivity index (χ3v) is 3.57. The molecule has 0 aromatic heterocycles. The van der Waals surface area contributed by atoms with Gasteiger partial charge in [-0.3, -0.25) is 4.21 Å². The van der Waals surface area contributed by atoms with Crippen LogP contribution in [0.1, 0.15) is 20.3 Å². The number of hydrogen-bond acceptors (Lipinski definition) is 3. The Kier molecular flexibility index (Phi) is 3.49. The molecule has 1 aliphatic rings. The monoisotopic (exact) mass is 205 g/mol. The summed E-state index contributed by atoms with van der Waals surface area (Å²) in [7, 11) is -0.712. The second-order valence-corrected chi connectivity index (χ2v) is 5.82. The van der Waals surface area contributed by atoms with E-state index in [4.69, 9.17) is 10.5 Å². The molecular weight excluding hydrogens is 186 g/mol. The van der Waals surface area contributed by atoms with Crippen molar-refractivity contribution in [1.82, 2.24) is 0 Å². The molecule has 1 rings (SSSR count). The van der Waals surface area contributed by atoms with Crippen molar-refractivity contribution in [3.05, 3.63) is 0 Å². The summed E-state index contributed by atoms with van der Waals surface area (Å²) < 4.78 is 16.5. The smallest absolute Gasteiger partial charge is 0.0780 e. The molecule has 0 saturated carbocycles. The Morgan fingerprint density at radius 3 is 2.62 bits per heavy atom. The lowest BCUT2D eigenvalue weighted by molar-refractivity contribution is 0.0275. The average molecular weight is 205 g/mol. The molecule has 3 unspecified atom stereocenters. The van der Waals surface area contributed by atoms with Gasteiger partial charge in [-0.2, -0.15) is 0 Å². The van der Waals surface area contributed by atoms with Crippen LogP contribution in [0.5, 0.6) is 0 Å². The van der Waals surface area contributed by atoms with Gasteiger partial charge in [-0.25, -0.2) is 0 Å². The zero-order valence-corrected chi connectivity index (χ0v) is 9.39. The van der Waals surface area contributed by atoms with E-state index in [0.717, 1.165) is 12.2 Å². The molecule has 4 heteroatoms. The van der Waals surface area contributed by atoms with Crippen molar-refractivity contribution in [3.63, 3.8) is 0 Å². The van der Waals surface area contributed by atoms with Gasteiger partial charge >= 0.3 is 0 Å². The molecule has 13 heavy (non-hydrogen) atoms. The Morgan fingerprint density at radius 1 is 1.62 bits per heavy atom. The first-order valence-corrected chi connectivity index (χ1v) is 6.36. The van der Waals surface area contributed by atoms with Crippen molar-refractivity contribution in [2.24, 2.45) is 11.7 Å². The zero-order valence-electron chi connectivity index (χ0n) is 8.58. The summed E-state index contributed by atoms with van der Waals surface area (Å²) in [4.78, 5) is 0. The Morgan fingerprint density at radius 2 is 2.23 bits per heavy atom. The molecule has 3 nitrogen and oxygen atoms in total. The minimum atomic E-state index is -0.712. The second kappa shape index (κ2) is 4.07. The second-order valence-electron chi connectivity index (χ2n) is 4.27. The molecule has 0 radical (unpaired) electrons. The number of ether oxygens (including phenoxy) is 1. The topological polar surface area (TPSA) is 52.3 Å². The highest BCUT2D eigenvalue weighted by Crippen LogP contribution is 2.30. The van der Waals surface area contributed by atoms with Crippen molar-refractivity contribution in [1.29, 1.82) is 0 Å². The Balaban J connectivity index is 2.42. The molecule has 1 fully saturated rings. The van der Waals surface area contributed by atoms with Gasteiger partial charge in [-0.1, -0.05) is 0 Å². The number of hydrogen-bond donors (Lipinski definition) is 1. The summed E-state index contributed by atoms with van der Waals surface area (Å²) in [6.07, 6.45) is 2.64. The van der Waals surface area contributed by atoms with Crippen LogP contribution >= 0.6 is 0 Å². The van der Waals surface area contributed by atoms with Crippen LogP contribution in [0.15, 0.2) is 0 Å². The number of nitrogens with two attached hydrogens (primary N) is 1. The molecule has 0 bridgehead atoms. The highest BCUT2D eigenvalue weighted by atomic mass is 32.2. The molecule has 0 amide bonds. The first-order valence-electron chi connectivity index (χ1n) is 4.63. The fraction of sp³-hybridized carbons (Fsp3) is 1.00. The van der Waals surface area contributed by atoms with E-state index in [1.165, 1.54) is 0 Å². The minimum Gasteiger partial charge on any atom is -0.374 e. The van der Waals surface area contributed by atoms with E-state index < -0.39 is 10.8 Å². The third-order valence-electron chi connectivity index (χ3n) is 2.76. The van der Waals surface area contributed by atoms with Crippen LogP contribution in [0.25, 0.3) is 0 Å². The van der Waals surface area contributed by atoms with E-state index in [-0.39, 0.29) is 11.6 Å². The summed E-state index contributed by atoms with van der Waals surface area (Å²) >= 11 is 0. The zero-order chi connectivity index (χ0) is 10.1. The lowest BCUT2D eigenvalue weighted by Crippen LogP contribution is -2.43. The van der Waals surface area contributed by atoms with Crippen LogP contribution in [0.2, 0.25) is 0 Å². The first-order chi connectivity index (χ1) is 5.93. The number of rotatable bonds is 3. The van der Waals surface area contributed by atoms with Crippen LogP contribution in [0.4, 0.5) is 0 Å². The molecule has 0 spiro atoms. The van der Waals surface area contributed by atoms with Crippen molar-refractivity contribution < 1.29 is 8.95 Å². The quantitative estimate of drug-likeness (QED) is 0.730. The van der Waals surface area contributed by atoms with Gasteiger partial charge in [0.25, 0.3) is 0 Å². The third kappa shape index (κ3) is 2.76. The van der Waals surface area contributed by atoms with Gasteiger partial charge in [0.15, 0.2) is 0 Å². The molecule has 0 aromatic carbocycles. The molecule has 0 aromatic rings. The summed E-state index contributed by atoms with van der Waals surface area (Å²) in [5, 5.41) is 0. The summed E-state index contributed by atoms with van der Waals surface area (Å²) in [5.41, 5.74) is 5.81. The van der Waals surface area contributed by atoms with Gasteiger partial charge in [0.05, 0.1) is 12.2 Å². The normalized spacial score (nSPS) is 34.8. The fourth-order valence-electron chi connectivity index (χ4n) is 1.67. The predicted octanol–water partition coefficient (Wildman–Crippen LogP) is 0.507. The molecule has 3 atom stereocenters.